The van der Waals surface area contributed by atoms with E-state index in [1.54, 1.807) is 0 Å². The van der Waals surface area contributed by atoms with E-state index in [0.717, 1.165) is 12.1 Å². The number of nitrogens with zero attached hydrogens (tertiary/aromatic N) is 3. The minimum absolute atomic E-state index is 0.775. The molecule has 4 heteroatoms. The molecule has 3 aliphatic rings. The second-order valence-electron chi connectivity index (χ2n) is 8.55. The van der Waals surface area contributed by atoms with E-state index in [0.29, 0.717) is 0 Å². The lowest BCUT2D eigenvalue weighted by Gasteiger charge is -2.38. The van der Waals surface area contributed by atoms with Crippen LogP contribution in [-0.4, -0.2) is 49.2 Å². The summed E-state index contributed by atoms with van der Waals surface area (Å²) in [6.45, 7) is 9.61. The Morgan fingerprint density at radius 1 is 0.727 bits per heavy atom. The monoisotopic (exact) mass is 321 g/mol. The molecular formula is C18H35N3Si. The molecule has 0 N–H and O–H groups in total. The van der Waals surface area contributed by atoms with Crippen LogP contribution in [0.5, 0.6) is 0 Å². The van der Waals surface area contributed by atoms with Gasteiger partial charge in [-0.1, -0.05) is 38.5 Å². The van der Waals surface area contributed by atoms with Gasteiger partial charge in [0.15, 0.2) is 14.2 Å². The summed E-state index contributed by atoms with van der Waals surface area (Å²) >= 11 is 0. The van der Waals surface area contributed by atoms with Crippen molar-refractivity contribution in [3.63, 3.8) is 0 Å². The van der Waals surface area contributed by atoms with Crippen molar-refractivity contribution in [2.45, 2.75) is 95.9 Å². The molecule has 3 nitrogen and oxygen atoms in total. The summed E-state index contributed by atoms with van der Waals surface area (Å²) in [5.74, 6) is 1.40. The van der Waals surface area contributed by atoms with E-state index >= 15 is 0 Å². The SMILES string of the molecule is C[Si](C)(C)N=C1N(C2CCCCC2)CCN1C1CCCCC1. The van der Waals surface area contributed by atoms with Gasteiger partial charge in [-0.15, -0.1) is 0 Å². The first kappa shape index (κ1) is 16.3. The summed E-state index contributed by atoms with van der Waals surface area (Å²) in [6, 6.07) is 1.55. The Hall–Kier alpha value is -0.513. The van der Waals surface area contributed by atoms with Crippen LogP contribution < -0.4 is 0 Å². The van der Waals surface area contributed by atoms with E-state index in [1.807, 2.05) is 0 Å². The van der Waals surface area contributed by atoms with E-state index < -0.39 is 8.24 Å². The molecule has 1 saturated heterocycles. The highest BCUT2D eigenvalue weighted by Crippen LogP contribution is 2.31. The largest absolute Gasteiger partial charge is 0.339 e. The average Bonchev–Trinajstić information content (AvgIpc) is 2.90. The molecule has 0 aromatic heterocycles. The first-order valence-electron chi connectivity index (χ1n) is 9.68. The molecule has 0 spiro atoms. The van der Waals surface area contributed by atoms with E-state index in [1.165, 1.54) is 83.3 Å². The minimum atomic E-state index is -1.43. The molecule has 2 aliphatic carbocycles. The average molecular weight is 322 g/mol. The number of rotatable bonds is 3. The Kier molecular flexibility index (Phi) is 5.16. The molecule has 0 aromatic carbocycles. The van der Waals surface area contributed by atoms with E-state index in [2.05, 4.69) is 29.4 Å². The van der Waals surface area contributed by atoms with Gasteiger partial charge in [-0.2, -0.15) is 0 Å². The van der Waals surface area contributed by atoms with Crippen LogP contribution >= 0.6 is 0 Å². The van der Waals surface area contributed by atoms with Crippen molar-refractivity contribution in [1.29, 1.82) is 0 Å². The predicted octanol–water partition coefficient (Wildman–Crippen LogP) is 4.46. The van der Waals surface area contributed by atoms with Crippen molar-refractivity contribution >= 4 is 14.2 Å². The van der Waals surface area contributed by atoms with Gasteiger partial charge in [0.2, 0.25) is 0 Å². The van der Waals surface area contributed by atoms with Crippen molar-refractivity contribution in [1.82, 2.24) is 9.80 Å². The Balaban J connectivity index is 1.79. The summed E-state index contributed by atoms with van der Waals surface area (Å²) in [6.07, 6.45) is 14.1. The first-order valence-corrected chi connectivity index (χ1v) is 13.1. The molecule has 0 radical (unpaired) electrons. The summed E-state index contributed by atoms with van der Waals surface area (Å²) in [5.41, 5.74) is 0. The van der Waals surface area contributed by atoms with E-state index in [-0.39, 0.29) is 0 Å². The number of guanidine groups is 1. The van der Waals surface area contributed by atoms with Gasteiger partial charge in [0, 0.05) is 25.2 Å². The third-order valence-corrected chi connectivity index (χ3v) is 6.43. The molecule has 0 unspecified atom stereocenters. The van der Waals surface area contributed by atoms with E-state index in [4.69, 9.17) is 4.66 Å². The topological polar surface area (TPSA) is 18.8 Å². The first-order chi connectivity index (χ1) is 10.5. The zero-order valence-corrected chi connectivity index (χ0v) is 16.0. The van der Waals surface area contributed by atoms with Gasteiger partial charge in [-0.25, -0.2) is 0 Å². The summed E-state index contributed by atoms with van der Waals surface area (Å²) < 4.78 is 5.33. The van der Waals surface area contributed by atoms with Gasteiger partial charge in [0.1, 0.15) is 0 Å². The van der Waals surface area contributed by atoms with Crippen molar-refractivity contribution in [3.8, 4) is 0 Å². The van der Waals surface area contributed by atoms with Gasteiger partial charge >= 0.3 is 0 Å². The lowest BCUT2D eigenvalue weighted by atomic mass is 9.94. The maximum atomic E-state index is 5.33. The highest BCUT2D eigenvalue weighted by atomic mass is 28.3. The van der Waals surface area contributed by atoms with Crippen LogP contribution in [0.3, 0.4) is 0 Å². The highest BCUT2D eigenvalue weighted by molar-refractivity contribution is 6.75. The molecule has 0 atom stereocenters. The summed E-state index contributed by atoms with van der Waals surface area (Å²) in [4.78, 5) is 5.43. The lowest BCUT2D eigenvalue weighted by Crippen LogP contribution is -2.46. The Bertz CT molecular complexity index is 362. The zero-order valence-electron chi connectivity index (χ0n) is 15.0. The van der Waals surface area contributed by atoms with Crippen LogP contribution in [-0.2, 0) is 0 Å². The molecule has 126 valence electrons. The fourth-order valence-electron chi connectivity index (χ4n) is 4.49. The third-order valence-electron chi connectivity index (χ3n) is 5.56. The van der Waals surface area contributed by atoms with Gasteiger partial charge in [-0.05, 0) is 45.3 Å². The van der Waals surface area contributed by atoms with Gasteiger partial charge in [0.25, 0.3) is 0 Å². The highest BCUT2D eigenvalue weighted by Gasteiger charge is 2.37. The second kappa shape index (κ2) is 6.94. The Morgan fingerprint density at radius 3 is 1.50 bits per heavy atom. The van der Waals surface area contributed by atoms with Crippen LogP contribution in [0.2, 0.25) is 19.6 Å². The van der Waals surface area contributed by atoms with Crippen LogP contribution in [0.4, 0.5) is 0 Å². The standard InChI is InChI=1S/C18H35N3Si/c1-22(2,3)19-18-20(16-10-6-4-7-11-16)14-15-21(18)17-12-8-5-9-13-17/h16-17H,4-15H2,1-3H3. The molecule has 1 heterocycles. The fourth-order valence-corrected chi connectivity index (χ4v) is 5.34. The van der Waals surface area contributed by atoms with Crippen molar-refractivity contribution in [3.05, 3.63) is 0 Å². The zero-order chi connectivity index (χ0) is 15.6. The van der Waals surface area contributed by atoms with Crippen LogP contribution in [0.1, 0.15) is 64.2 Å². The third kappa shape index (κ3) is 3.87. The van der Waals surface area contributed by atoms with Gasteiger partial charge in [0.05, 0.1) is 0 Å². The summed E-state index contributed by atoms with van der Waals surface area (Å²) in [5, 5.41) is 0. The summed E-state index contributed by atoms with van der Waals surface area (Å²) in [7, 11) is -1.43. The lowest BCUT2D eigenvalue weighted by molar-refractivity contribution is 0.252. The molecule has 22 heavy (non-hydrogen) atoms. The molecule has 0 aromatic rings. The molecular weight excluding hydrogens is 286 g/mol. The molecule has 0 amide bonds. The molecule has 2 saturated carbocycles. The second-order valence-corrected chi connectivity index (χ2v) is 13.1. The minimum Gasteiger partial charge on any atom is -0.339 e. The Labute approximate surface area is 138 Å². The van der Waals surface area contributed by atoms with Crippen molar-refractivity contribution in [2.75, 3.05) is 13.1 Å². The maximum absolute atomic E-state index is 5.33. The predicted molar refractivity (Wildman–Crippen MR) is 97.9 cm³/mol. The van der Waals surface area contributed by atoms with Crippen molar-refractivity contribution in [2.24, 2.45) is 4.66 Å². The van der Waals surface area contributed by atoms with E-state index in [9.17, 15) is 0 Å². The quantitative estimate of drug-likeness (QED) is 0.715. The van der Waals surface area contributed by atoms with Crippen LogP contribution in [0.15, 0.2) is 4.66 Å². The maximum Gasteiger partial charge on any atom is 0.187 e. The molecule has 3 fully saturated rings. The number of hydrogen-bond acceptors (Lipinski definition) is 1. The molecule has 0 bridgehead atoms. The number of hydrogen-bond donors (Lipinski definition) is 0. The molecule has 3 rings (SSSR count). The Morgan fingerprint density at radius 2 is 1.14 bits per heavy atom. The smallest absolute Gasteiger partial charge is 0.187 e. The van der Waals surface area contributed by atoms with Crippen LogP contribution in [0, 0.1) is 0 Å². The van der Waals surface area contributed by atoms with Gasteiger partial charge < -0.3 is 9.80 Å². The van der Waals surface area contributed by atoms with Crippen LogP contribution in [0.25, 0.3) is 0 Å². The van der Waals surface area contributed by atoms with Crippen molar-refractivity contribution < 1.29 is 0 Å². The normalized spacial score (nSPS) is 25.9. The van der Waals surface area contributed by atoms with Gasteiger partial charge in [-0.3, -0.25) is 4.66 Å². The molecule has 1 aliphatic heterocycles. The fraction of sp³-hybridized carbons (Fsp3) is 0.944.